The number of rotatable bonds is 7. The van der Waals surface area contributed by atoms with Gasteiger partial charge >= 0.3 is 0 Å². The van der Waals surface area contributed by atoms with Crippen LogP contribution in [0.1, 0.15) is 35.6 Å². The van der Waals surface area contributed by atoms with Crippen molar-refractivity contribution in [2.75, 3.05) is 11.9 Å². The summed E-state index contributed by atoms with van der Waals surface area (Å²) in [5.41, 5.74) is 2.98. The minimum absolute atomic E-state index is 0.173. The lowest BCUT2D eigenvalue weighted by atomic mass is 10.1. The monoisotopic (exact) mass is 376 g/mol. The molecule has 0 aliphatic heterocycles. The molecule has 144 valence electrons. The Morgan fingerprint density at radius 3 is 2.07 bits per heavy atom. The number of aryl methyl sites for hydroxylation is 2. The van der Waals surface area contributed by atoms with Crippen molar-refractivity contribution in [3.8, 4) is 17.2 Å². The molecule has 1 N–H and O–H groups in total. The van der Waals surface area contributed by atoms with E-state index in [1.54, 1.807) is 0 Å². The van der Waals surface area contributed by atoms with Crippen molar-refractivity contribution >= 4 is 11.6 Å². The Hall–Kier alpha value is -3.34. The summed E-state index contributed by atoms with van der Waals surface area (Å²) in [7, 11) is 0. The van der Waals surface area contributed by atoms with E-state index in [9.17, 15) is 4.79 Å². The first-order valence-electron chi connectivity index (χ1n) is 9.37. The molecule has 1 aromatic heterocycles. The zero-order valence-electron chi connectivity index (χ0n) is 16.4. The van der Waals surface area contributed by atoms with Gasteiger partial charge in [-0.3, -0.25) is 9.78 Å². The zero-order chi connectivity index (χ0) is 19.9. The van der Waals surface area contributed by atoms with Gasteiger partial charge in [0.05, 0.1) is 17.9 Å². The van der Waals surface area contributed by atoms with Gasteiger partial charge in [0.1, 0.15) is 17.2 Å². The molecule has 1 heterocycles. The number of aromatic nitrogens is 1. The minimum Gasteiger partial charge on any atom is -0.494 e. The molecular weight excluding hydrogens is 352 g/mol. The van der Waals surface area contributed by atoms with Gasteiger partial charge in [-0.15, -0.1) is 0 Å². The molecule has 5 heteroatoms. The quantitative estimate of drug-likeness (QED) is 0.600. The second-order valence-corrected chi connectivity index (χ2v) is 6.27. The summed E-state index contributed by atoms with van der Waals surface area (Å²) in [6.45, 7) is 6.47. The van der Waals surface area contributed by atoms with E-state index in [2.05, 4.69) is 10.3 Å². The van der Waals surface area contributed by atoms with Crippen molar-refractivity contribution in [2.24, 2.45) is 0 Å². The maximum absolute atomic E-state index is 12.5. The molecule has 0 saturated heterocycles. The largest absolute Gasteiger partial charge is 0.494 e. The third kappa shape index (κ3) is 4.88. The Morgan fingerprint density at radius 2 is 1.50 bits per heavy atom. The van der Waals surface area contributed by atoms with Crippen molar-refractivity contribution in [3.63, 3.8) is 0 Å². The summed E-state index contributed by atoms with van der Waals surface area (Å²) in [5.74, 6) is 2.04. The highest BCUT2D eigenvalue weighted by atomic mass is 16.5. The molecule has 2 aromatic carbocycles. The molecule has 5 nitrogen and oxygen atoms in total. The molecule has 3 aromatic rings. The Morgan fingerprint density at radius 1 is 0.893 bits per heavy atom. The number of amides is 1. The lowest BCUT2D eigenvalue weighted by Crippen LogP contribution is -2.14. The van der Waals surface area contributed by atoms with Crippen molar-refractivity contribution in [1.82, 2.24) is 4.98 Å². The van der Waals surface area contributed by atoms with Gasteiger partial charge in [0, 0.05) is 11.4 Å². The average molecular weight is 376 g/mol. The summed E-state index contributed by atoms with van der Waals surface area (Å²) >= 11 is 0. The van der Waals surface area contributed by atoms with Crippen molar-refractivity contribution < 1.29 is 14.3 Å². The van der Waals surface area contributed by atoms with Crippen LogP contribution >= 0.6 is 0 Å². The molecule has 0 unspecified atom stereocenters. The molecule has 3 rings (SSSR count). The summed E-state index contributed by atoms with van der Waals surface area (Å²) in [4.78, 5) is 16.9. The van der Waals surface area contributed by atoms with Crippen LogP contribution in [0.25, 0.3) is 0 Å². The van der Waals surface area contributed by atoms with Crippen LogP contribution in [0, 0.1) is 6.92 Å². The van der Waals surface area contributed by atoms with E-state index in [4.69, 9.17) is 9.47 Å². The Kier molecular flexibility index (Phi) is 6.27. The first-order chi connectivity index (χ1) is 13.6. The van der Waals surface area contributed by atoms with E-state index < -0.39 is 0 Å². The molecule has 0 fully saturated rings. The van der Waals surface area contributed by atoms with Crippen LogP contribution in [0.3, 0.4) is 0 Å². The van der Waals surface area contributed by atoms with Crippen LogP contribution in [-0.4, -0.2) is 17.5 Å². The topological polar surface area (TPSA) is 60.5 Å². The Labute approximate surface area is 165 Å². The number of benzene rings is 2. The zero-order valence-corrected chi connectivity index (χ0v) is 16.4. The van der Waals surface area contributed by atoms with Gasteiger partial charge in [-0.25, -0.2) is 0 Å². The van der Waals surface area contributed by atoms with E-state index in [0.29, 0.717) is 23.6 Å². The standard InChI is InChI=1S/C23H24N2O3/c1-4-17-8-15-22(16(3)24-17)23(26)25-18-6-9-20(10-7-18)28-21-13-11-19(12-14-21)27-5-2/h6-15H,4-5H2,1-3H3,(H,25,26). The predicted octanol–water partition coefficient (Wildman–Crippen LogP) is 5.40. The van der Waals surface area contributed by atoms with Crippen LogP contribution in [0.2, 0.25) is 0 Å². The van der Waals surface area contributed by atoms with Crippen molar-refractivity contribution in [1.29, 1.82) is 0 Å². The molecule has 28 heavy (non-hydrogen) atoms. The SMILES string of the molecule is CCOc1ccc(Oc2ccc(NC(=O)c3ccc(CC)nc3C)cc2)cc1. The van der Waals surface area contributed by atoms with E-state index in [-0.39, 0.29) is 5.91 Å². The molecule has 0 bridgehead atoms. The van der Waals surface area contributed by atoms with Gasteiger partial charge in [0.2, 0.25) is 0 Å². The fourth-order valence-corrected chi connectivity index (χ4v) is 2.76. The maximum Gasteiger partial charge on any atom is 0.257 e. The minimum atomic E-state index is -0.173. The van der Waals surface area contributed by atoms with Gasteiger partial charge < -0.3 is 14.8 Å². The third-order valence-corrected chi connectivity index (χ3v) is 4.23. The van der Waals surface area contributed by atoms with Crippen LogP contribution in [-0.2, 0) is 6.42 Å². The number of pyridine rings is 1. The van der Waals surface area contributed by atoms with E-state index in [0.717, 1.165) is 29.3 Å². The van der Waals surface area contributed by atoms with Crippen LogP contribution in [0.5, 0.6) is 17.2 Å². The van der Waals surface area contributed by atoms with Crippen LogP contribution in [0.4, 0.5) is 5.69 Å². The van der Waals surface area contributed by atoms with E-state index in [1.807, 2.05) is 81.4 Å². The molecular formula is C23H24N2O3. The second kappa shape index (κ2) is 9.04. The Balaban J connectivity index is 1.63. The van der Waals surface area contributed by atoms with Gasteiger partial charge in [0.25, 0.3) is 5.91 Å². The summed E-state index contributed by atoms with van der Waals surface area (Å²) < 4.78 is 11.2. The Bertz CT molecular complexity index is 935. The third-order valence-electron chi connectivity index (χ3n) is 4.23. The van der Waals surface area contributed by atoms with Crippen molar-refractivity contribution in [3.05, 3.63) is 77.6 Å². The number of nitrogens with zero attached hydrogens (tertiary/aromatic N) is 1. The number of carbonyl (C=O) groups excluding carboxylic acids is 1. The molecule has 0 atom stereocenters. The maximum atomic E-state index is 12.5. The summed E-state index contributed by atoms with van der Waals surface area (Å²) in [6.07, 6.45) is 0.846. The predicted molar refractivity (Wildman–Crippen MR) is 110 cm³/mol. The molecule has 0 aliphatic rings. The number of ether oxygens (including phenoxy) is 2. The van der Waals surface area contributed by atoms with Crippen molar-refractivity contribution in [2.45, 2.75) is 27.2 Å². The first-order valence-corrected chi connectivity index (χ1v) is 9.37. The summed E-state index contributed by atoms with van der Waals surface area (Å²) in [5, 5.41) is 2.90. The number of hydrogen-bond donors (Lipinski definition) is 1. The summed E-state index contributed by atoms with van der Waals surface area (Å²) in [6, 6.07) is 18.4. The number of hydrogen-bond acceptors (Lipinski definition) is 4. The molecule has 0 radical (unpaired) electrons. The second-order valence-electron chi connectivity index (χ2n) is 6.27. The van der Waals surface area contributed by atoms with E-state index in [1.165, 1.54) is 0 Å². The van der Waals surface area contributed by atoms with Gasteiger partial charge in [-0.05, 0) is 80.9 Å². The molecule has 0 saturated carbocycles. The van der Waals surface area contributed by atoms with Crippen LogP contribution in [0.15, 0.2) is 60.7 Å². The fraction of sp³-hybridized carbons (Fsp3) is 0.217. The number of carbonyl (C=O) groups is 1. The average Bonchev–Trinajstić information content (AvgIpc) is 2.71. The molecule has 1 amide bonds. The lowest BCUT2D eigenvalue weighted by Gasteiger charge is -2.10. The molecule has 0 aliphatic carbocycles. The highest BCUT2D eigenvalue weighted by molar-refractivity contribution is 6.05. The number of nitrogens with one attached hydrogen (secondary N) is 1. The van der Waals surface area contributed by atoms with Gasteiger partial charge in [0.15, 0.2) is 0 Å². The number of anilines is 1. The van der Waals surface area contributed by atoms with E-state index >= 15 is 0 Å². The van der Waals surface area contributed by atoms with Gasteiger partial charge in [-0.1, -0.05) is 6.92 Å². The first kappa shape index (κ1) is 19.4. The lowest BCUT2D eigenvalue weighted by molar-refractivity contribution is 0.102. The highest BCUT2D eigenvalue weighted by Crippen LogP contribution is 2.25. The fourth-order valence-electron chi connectivity index (χ4n) is 2.76. The normalized spacial score (nSPS) is 10.4. The van der Waals surface area contributed by atoms with Crippen LogP contribution < -0.4 is 14.8 Å². The highest BCUT2D eigenvalue weighted by Gasteiger charge is 2.11. The molecule has 0 spiro atoms. The van der Waals surface area contributed by atoms with Gasteiger partial charge in [-0.2, -0.15) is 0 Å². The smallest absolute Gasteiger partial charge is 0.257 e.